The van der Waals surface area contributed by atoms with E-state index < -0.39 is 0 Å². The van der Waals surface area contributed by atoms with Gasteiger partial charge < -0.3 is 9.84 Å². The van der Waals surface area contributed by atoms with Gasteiger partial charge in [-0.1, -0.05) is 30.8 Å². The molecule has 7 heteroatoms. The van der Waals surface area contributed by atoms with E-state index in [2.05, 4.69) is 6.92 Å². The summed E-state index contributed by atoms with van der Waals surface area (Å²) in [6.45, 7) is 2.29. The molecule has 3 aromatic rings. The maximum Gasteiger partial charge on any atom is 0.267 e. The summed E-state index contributed by atoms with van der Waals surface area (Å²) in [6, 6.07) is 7.49. The number of benzene rings is 1. The summed E-state index contributed by atoms with van der Waals surface area (Å²) in [4.78, 5) is 20.5. The number of thioether (sulfide) groups is 1. The van der Waals surface area contributed by atoms with Crippen molar-refractivity contribution in [3.8, 4) is 11.4 Å². The highest BCUT2D eigenvalue weighted by molar-refractivity contribution is 7.99. The molecule has 4 rings (SSSR count). The van der Waals surface area contributed by atoms with Crippen molar-refractivity contribution in [1.82, 2.24) is 9.55 Å². The Morgan fingerprint density at radius 2 is 2.22 bits per heavy atom. The summed E-state index contributed by atoms with van der Waals surface area (Å²) in [7, 11) is 1.60. The van der Waals surface area contributed by atoms with E-state index in [4.69, 9.17) is 9.72 Å². The summed E-state index contributed by atoms with van der Waals surface area (Å²) in [5, 5.41) is 10.6. The summed E-state index contributed by atoms with van der Waals surface area (Å²) in [5.41, 5.74) is 1.81. The fourth-order valence-corrected chi connectivity index (χ4v) is 5.80. The molecule has 2 heterocycles. The van der Waals surface area contributed by atoms with Crippen molar-refractivity contribution in [2.45, 2.75) is 31.3 Å². The molecule has 0 unspecified atom stereocenters. The fourth-order valence-electron chi connectivity index (χ4n) is 3.63. The molecule has 0 saturated carbocycles. The van der Waals surface area contributed by atoms with Gasteiger partial charge in [-0.3, -0.25) is 9.36 Å². The normalized spacial score (nSPS) is 16.5. The molecule has 1 aliphatic rings. The molecule has 0 radical (unpaired) electrons. The Kier molecular flexibility index (Phi) is 5.25. The van der Waals surface area contributed by atoms with Gasteiger partial charge >= 0.3 is 0 Å². The topological polar surface area (TPSA) is 64.3 Å². The van der Waals surface area contributed by atoms with Crippen molar-refractivity contribution in [3.63, 3.8) is 0 Å². The number of nitrogens with zero attached hydrogens (tertiary/aromatic N) is 2. The zero-order chi connectivity index (χ0) is 19.0. The number of hydrogen-bond donors (Lipinski definition) is 1. The molecule has 0 aliphatic heterocycles. The first-order valence-corrected chi connectivity index (χ1v) is 10.9. The van der Waals surface area contributed by atoms with E-state index in [0.29, 0.717) is 28.3 Å². The number of aliphatic hydroxyl groups excluding tert-OH is 1. The van der Waals surface area contributed by atoms with Crippen LogP contribution in [0.25, 0.3) is 15.9 Å². The first-order chi connectivity index (χ1) is 13.1. The smallest absolute Gasteiger partial charge is 0.267 e. The second kappa shape index (κ2) is 7.66. The Hall–Kier alpha value is -1.83. The average Bonchev–Trinajstić information content (AvgIpc) is 3.03. The van der Waals surface area contributed by atoms with E-state index in [0.717, 1.165) is 29.5 Å². The van der Waals surface area contributed by atoms with Gasteiger partial charge in [0.15, 0.2) is 5.16 Å². The van der Waals surface area contributed by atoms with Crippen molar-refractivity contribution in [3.05, 3.63) is 45.1 Å². The Bertz CT molecular complexity index is 1040. The first-order valence-electron chi connectivity index (χ1n) is 9.08. The van der Waals surface area contributed by atoms with Gasteiger partial charge in [0.25, 0.3) is 5.56 Å². The van der Waals surface area contributed by atoms with Crippen LogP contribution in [0.5, 0.6) is 5.75 Å². The van der Waals surface area contributed by atoms with E-state index in [9.17, 15) is 9.90 Å². The third kappa shape index (κ3) is 3.28. The van der Waals surface area contributed by atoms with Crippen LogP contribution in [-0.4, -0.2) is 34.1 Å². The molecule has 1 aliphatic carbocycles. The molecule has 2 aromatic heterocycles. The molecule has 5 nitrogen and oxygen atoms in total. The molecule has 142 valence electrons. The maximum atomic E-state index is 13.6. The first kappa shape index (κ1) is 18.5. The highest BCUT2D eigenvalue weighted by atomic mass is 32.2. The molecule has 27 heavy (non-hydrogen) atoms. The second-order valence-corrected chi connectivity index (χ2v) is 8.96. The molecule has 1 N–H and O–H groups in total. The number of rotatable bonds is 5. The molecular weight excluding hydrogens is 380 g/mol. The van der Waals surface area contributed by atoms with Gasteiger partial charge in [0.05, 0.1) is 24.8 Å². The largest absolute Gasteiger partial charge is 0.495 e. The van der Waals surface area contributed by atoms with Crippen LogP contribution in [0.15, 0.2) is 34.2 Å². The van der Waals surface area contributed by atoms with E-state index in [1.807, 2.05) is 24.3 Å². The number of thiophene rings is 1. The van der Waals surface area contributed by atoms with Crippen LogP contribution in [0, 0.1) is 5.92 Å². The van der Waals surface area contributed by atoms with Gasteiger partial charge in [-0.05, 0) is 42.9 Å². The minimum Gasteiger partial charge on any atom is -0.495 e. The van der Waals surface area contributed by atoms with Crippen molar-refractivity contribution >= 4 is 33.3 Å². The Balaban J connectivity index is 2.00. The summed E-state index contributed by atoms with van der Waals surface area (Å²) >= 11 is 3.04. The molecule has 1 atom stereocenters. The van der Waals surface area contributed by atoms with Crippen LogP contribution in [0.1, 0.15) is 23.8 Å². The summed E-state index contributed by atoms with van der Waals surface area (Å²) in [6.07, 6.45) is 3.06. The number of aliphatic hydroxyl groups is 1. The number of para-hydroxylation sites is 2. The van der Waals surface area contributed by atoms with Gasteiger partial charge in [0.2, 0.25) is 0 Å². The molecule has 0 amide bonds. The number of aromatic nitrogens is 2. The van der Waals surface area contributed by atoms with Crippen molar-refractivity contribution < 1.29 is 9.84 Å². The van der Waals surface area contributed by atoms with Gasteiger partial charge in [-0.25, -0.2) is 4.98 Å². The summed E-state index contributed by atoms with van der Waals surface area (Å²) in [5.74, 6) is 1.75. The van der Waals surface area contributed by atoms with Crippen LogP contribution < -0.4 is 10.3 Å². The van der Waals surface area contributed by atoms with Crippen LogP contribution in [0.4, 0.5) is 0 Å². The lowest BCUT2D eigenvalue weighted by atomic mass is 9.89. The average molecular weight is 403 g/mol. The van der Waals surface area contributed by atoms with E-state index in [-0.39, 0.29) is 12.2 Å². The number of methoxy groups -OCH3 is 1. The van der Waals surface area contributed by atoms with Crippen LogP contribution in [0.2, 0.25) is 0 Å². The number of ether oxygens (including phenoxy) is 1. The van der Waals surface area contributed by atoms with Crippen LogP contribution in [0.3, 0.4) is 0 Å². The van der Waals surface area contributed by atoms with E-state index >= 15 is 0 Å². The summed E-state index contributed by atoms with van der Waals surface area (Å²) < 4.78 is 7.14. The van der Waals surface area contributed by atoms with E-state index in [1.54, 1.807) is 23.0 Å². The monoisotopic (exact) mass is 402 g/mol. The zero-order valence-corrected chi connectivity index (χ0v) is 17.0. The molecule has 1 aromatic carbocycles. The second-order valence-electron chi connectivity index (χ2n) is 6.81. The predicted molar refractivity (Wildman–Crippen MR) is 111 cm³/mol. The third-order valence-electron chi connectivity index (χ3n) is 4.95. The minimum absolute atomic E-state index is 0.0307. The van der Waals surface area contributed by atoms with Gasteiger partial charge in [-0.15, -0.1) is 11.3 Å². The highest BCUT2D eigenvalue weighted by Gasteiger charge is 2.25. The highest BCUT2D eigenvalue weighted by Crippen LogP contribution is 2.37. The Morgan fingerprint density at radius 3 is 3.00 bits per heavy atom. The van der Waals surface area contributed by atoms with Gasteiger partial charge in [0, 0.05) is 10.6 Å². The van der Waals surface area contributed by atoms with Crippen molar-refractivity contribution in [1.29, 1.82) is 0 Å². The van der Waals surface area contributed by atoms with E-state index in [1.165, 1.54) is 22.2 Å². The zero-order valence-electron chi connectivity index (χ0n) is 15.4. The molecule has 0 bridgehead atoms. The lowest BCUT2D eigenvalue weighted by Gasteiger charge is -2.18. The SMILES string of the molecule is COc1ccccc1-n1c(SCCO)nc2sc3c(c2c1=O)CC[C@@H](C)C3. The Morgan fingerprint density at radius 1 is 1.41 bits per heavy atom. The molecule has 0 spiro atoms. The lowest BCUT2D eigenvalue weighted by Crippen LogP contribution is -2.23. The predicted octanol–water partition coefficient (Wildman–Crippen LogP) is 3.67. The molecular formula is C20H22N2O3S2. The Labute approximate surface area is 166 Å². The minimum atomic E-state index is -0.0445. The number of fused-ring (bicyclic) bond motifs is 3. The maximum absolute atomic E-state index is 13.6. The van der Waals surface area contributed by atoms with Gasteiger partial charge in [0.1, 0.15) is 10.6 Å². The number of hydrogen-bond acceptors (Lipinski definition) is 6. The quantitative estimate of drug-likeness (QED) is 0.521. The standard InChI is InChI=1S/C20H22N2O3S2/c1-12-7-8-13-16(11-12)27-18-17(13)19(24)22(20(21-18)26-10-9-23)14-5-3-4-6-15(14)25-2/h3-6,12,23H,7-11H2,1-2H3/t12-/m1/s1. The van der Waals surface area contributed by atoms with Crippen molar-refractivity contribution in [2.75, 3.05) is 19.5 Å². The van der Waals surface area contributed by atoms with Gasteiger partial charge in [-0.2, -0.15) is 0 Å². The third-order valence-corrected chi connectivity index (χ3v) is 7.01. The number of aryl methyl sites for hydroxylation is 1. The van der Waals surface area contributed by atoms with Crippen LogP contribution >= 0.6 is 23.1 Å². The molecule has 0 fully saturated rings. The lowest BCUT2D eigenvalue weighted by molar-refractivity contribution is 0.322. The molecule has 0 saturated heterocycles. The van der Waals surface area contributed by atoms with Crippen molar-refractivity contribution in [2.24, 2.45) is 5.92 Å². The fraction of sp³-hybridized carbons (Fsp3) is 0.400. The van der Waals surface area contributed by atoms with Crippen LogP contribution in [-0.2, 0) is 12.8 Å².